The zero-order chi connectivity index (χ0) is 19.3. The van der Waals surface area contributed by atoms with Crippen LogP contribution < -0.4 is 10.0 Å². The van der Waals surface area contributed by atoms with Crippen molar-refractivity contribution in [2.45, 2.75) is 38.6 Å². The smallest absolute Gasteiger partial charge is 0.211 e. The molecule has 3 rings (SSSR count). The largest absolute Gasteiger partial charge is 0.383 e. The maximum absolute atomic E-state index is 14.4. The summed E-state index contributed by atoms with van der Waals surface area (Å²) in [7, 11) is -3.14. The van der Waals surface area contributed by atoms with Gasteiger partial charge in [-0.2, -0.15) is 0 Å². The fraction of sp³-hybridized carbons (Fsp3) is 0.450. The molecule has 1 aliphatic carbocycles. The molecule has 5 nitrogen and oxygen atoms in total. The van der Waals surface area contributed by atoms with E-state index in [2.05, 4.69) is 15.0 Å². The van der Waals surface area contributed by atoms with Crippen molar-refractivity contribution in [1.82, 2.24) is 9.71 Å². The average Bonchev–Trinajstić information content (AvgIpc) is 2.68. The van der Waals surface area contributed by atoms with E-state index in [0.717, 1.165) is 37.8 Å². The van der Waals surface area contributed by atoms with Crippen LogP contribution in [0.5, 0.6) is 0 Å². The Balaban J connectivity index is 1.51. The van der Waals surface area contributed by atoms with Gasteiger partial charge in [0.05, 0.1) is 17.6 Å². The second kappa shape index (κ2) is 8.80. The van der Waals surface area contributed by atoms with Crippen LogP contribution in [0.25, 0.3) is 11.3 Å². The van der Waals surface area contributed by atoms with Crippen molar-refractivity contribution >= 4 is 15.7 Å². The number of sulfonamides is 1. The van der Waals surface area contributed by atoms with Crippen LogP contribution in [0.2, 0.25) is 0 Å². The quantitative estimate of drug-likeness (QED) is 0.753. The first-order chi connectivity index (χ1) is 13.0. The highest BCUT2D eigenvalue weighted by molar-refractivity contribution is 7.89. The fourth-order valence-corrected chi connectivity index (χ4v) is 4.34. The molecule has 2 N–H and O–H groups in total. The Kier molecular flexibility index (Phi) is 6.44. The zero-order valence-electron chi connectivity index (χ0n) is 15.5. The standard InChI is InChI=1S/C20H26FN3O2S/c1-2-27(25,26)24-17-10-8-15(9-11-17)13-22-18-12-19(21)20(23-14-18)16-6-4-3-5-7-16/h3-7,12,14-15,17,22,24H,2,8-11,13H2,1H3/t15-,17-. The lowest BCUT2D eigenvalue weighted by Crippen LogP contribution is -2.39. The first-order valence-corrected chi connectivity index (χ1v) is 11.1. The predicted octanol–water partition coefficient (Wildman–Crippen LogP) is 3.80. The van der Waals surface area contributed by atoms with Gasteiger partial charge in [0.1, 0.15) is 5.69 Å². The first-order valence-electron chi connectivity index (χ1n) is 9.41. The molecule has 146 valence electrons. The molecule has 1 heterocycles. The molecule has 1 aromatic carbocycles. The van der Waals surface area contributed by atoms with Crippen LogP contribution in [-0.4, -0.2) is 31.7 Å². The molecule has 0 amide bonds. The van der Waals surface area contributed by atoms with Crippen LogP contribution >= 0.6 is 0 Å². The number of nitrogens with zero attached hydrogens (tertiary/aromatic N) is 1. The van der Waals surface area contributed by atoms with E-state index < -0.39 is 10.0 Å². The summed E-state index contributed by atoms with van der Waals surface area (Å²) in [6.45, 7) is 2.38. The van der Waals surface area contributed by atoms with Gasteiger partial charge in [0.15, 0.2) is 5.82 Å². The first kappa shape index (κ1) is 19.8. The van der Waals surface area contributed by atoms with Gasteiger partial charge in [-0.15, -0.1) is 0 Å². The predicted molar refractivity (Wildman–Crippen MR) is 106 cm³/mol. The lowest BCUT2D eigenvalue weighted by atomic mass is 9.86. The van der Waals surface area contributed by atoms with E-state index in [0.29, 0.717) is 17.3 Å². The molecule has 0 aliphatic heterocycles. The summed E-state index contributed by atoms with van der Waals surface area (Å²) in [6, 6.07) is 10.8. The van der Waals surface area contributed by atoms with E-state index in [9.17, 15) is 12.8 Å². The second-order valence-electron chi connectivity index (χ2n) is 7.04. The van der Waals surface area contributed by atoms with Crippen molar-refractivity contribution in [2.75, 3.05) is 17.6 Å². The number of nitrogens with one attached hydrogen (secondary N) is 2. The number of rotatable bonds is 7. The number of hydrogen-bond acceptors (Lipinski definition) is 4. The summed E-state index contributed by atoms with van der Waals surface area (Å²) in [4.78, 5) is 4.26. The molecular formula is C20H26FN3O2S. The number of halogens is 1. The van der Waals surface area contributed by atoms with E-state index in [1.165, 1.54) is 6.07 Å². The molecule has 1 aliphatic rings. The number of hydrogen-bond donors (Lipinski definition) is 2. The average molecular weight is 392 g/mol. The van der Waals surface area contributed by atoms with Gasteiger partial charge in [-0.3, -0.25) is 4.98 Å². The highest BCUT2D eigenvalue weighted by Gasteiger charge is 2.24. The fourth-order valence-electron chi connectivity index (χ4n) is 3.43. The third kappa shape index (κ3) is 5.49. The van der Waals surface area contributed by atoms with Gasteiger partial charge in [-0.25, -0.2) is 17.5 Å². The molecule has 0 spiro atoms. The Morgan fingerprint density at radius 1 is 1.15 bits per heavy atom. The van der Waals surface area contributed by atoms with Crippen LogP contribution in [0.4, 0.5) is 10.1 Å². The molecule has 0 bridgehead atoms. The van der Waals surface area contributed by atoms with E-state index in [-0.39, 0.29) is 17.6 Å². The van der Waals surface area contributed by atoms with Crippen molar-refractivity contribution in [3.05, 3.63) is 48.4 Å². The van der Waals surface area contributed by atoms with E-state index in [4.69, 9.17) is 0 Å². The van der Waals surface area contributed by atoms with Gasteiger partial charge in [0.25, 0.3) is 0 Å². The lowest BCUT2D eigenvalue weighted by molar-refractivity contribution is 0.324. The Morgan fingerprint density at radius 3 is 2.48 bits per heavy atom. The molecule has 0 unspecified atom stereocenters. The molecule has 7 heteroatoms. The van der Waals surface area contributed by atoms with Gasteiger partial charge >= 0.3 is 0 Å². The third-order valence-corrected chi connectivity index (χ3v) is 6.51. The monoisotopic (exact) mass is 391 g/mol. The summed E-state index contributed by atoms with van der Waals surface area (Å²) in [5.41, 5.74) is 1.78. The Bertz CT molecular complexity index is 851. The number of benzene rings is 1. The minimum absolute atomic E-state index is 0.0375. The van der Waals surface area contributed by atoms with Gasteiger partial charge < -0.3 is 5.32 Å². The molecule has 27 heavy (non-hydrogen) atoms. The lowest BCUT2D eigenvalue weighted by Gasteiger charge is -2.29. The second-order valence-corrected chi connectivity index (χ2v) is 9.08. The van der Waals surface area contributed by atoms with Crippen LogP contribution in [0.1, 0.15) is 32.6 Å². The molecule has 2 aromatic rings. The topological polar surface area (TPSA) is 71.1 Å². The summed E-state index contributed by atoms with van der Waals surface area (Å²) < 4.78 is 40.4. The Morgan fingerprint density at radius 2 is 1.85 bits per heavy atom. The van der Waals surface area contributed by atoms with Crippen molar-refractivity contribution in [3.63, 3.8) is 0 Å². The molecular weight excluding hydrogens is 365 g/mol. The Hall–Kier alpha value is -1.99. The molecule has 1 saturated carbocycles. The van der Waals surface area contributed by atoms with E-state index in [1.54, 1.807) is 13.1 Å². The van der Waals surface area contributed by atoms with E-state index >= 15 is 0 Å². The Labute approximate surface area is 160 Å². The van der Waals surface area contributed by atoms with Crippen LogP contribution in [0.15, 0.2) is 42.6 Å². The highest BCUT2D eigenvalue weighted by Crippen LogP contribution is 2.26. The minimum Gasteiger partial charge on any atom is -0.383 e. The zero-order valence-corrected chi connectivity index (χ0v) is 16.3. The van der Waals surface area contributed by atoms with E-state index in [1.807, 2.05) is 30.3 Å². The number of pyridine rings is 1. The van der Waals surface area contributed by atoms with Crippen LogP contribution in [0.3, 0.4) is 0 Å². The van der Waals surface area contributed by atoms with Gasteiger partial charge in [0.2, 0.25) is 10.0 Å². The molecule has 1 aromatic heterocycles. The maximum atomic E-state index is 14.4. The highest BCUT2D eigenvalue weighted by atomic mass is 32.2. The summed E-state index contributed by atoms with van der Waals surface area (Å²) in [5.74, 6) is 0.222. The van der Waals surface area contributed by atoms with Crippen molar-refractivity contribution in [3.8, 4) is 11.3 Å². The van der Waals surface area contributed by atoms with Crippen LogP contribution in [-0.2, 0) is 10.0 Å². The molecule has 0 radical (unpaired) electrons. The molecule has 0 saturated heterocycles. The summed E-state index contributed by atoms with van der Waals surface area (Å²) in [5, 5.41) is 3.27. The van der Waals surface area contributed by atoms with Crippen LogP contribution in [0, 0.1) is 11.7 Å². The van der Waals surface area contributed by atoms with Crippen molar-refractivity contribution in [2.24, 2.45) is 5.92 Å². The summed E-state index contributed by atoms with van der Waals surface area (Å²) >= 11 is 0. The SMILES string of the molecule is CCS(=O)(=O)N[C@H]1CC[C@H](CNc2cnc(-c3ccccc3)c(F)c2)CC1. The van der Waals surface area contributed by atoms with Gasteiger partial charge in [0, 0.05) is 24.2 Å². The van der Waals surface area contributed by atoms with Crippen molar-refractivity contribution < 1.29 is 12.8 Å². The van der Waals surface area contributed by atoms with Gasteiger partial charge in [-0.1, -0.05) is 30.3 Å². The number of anilines is 1. The molecule has 0 atom stereocenters. The third-order valence-electron chi connectivity index (χ3n) is 5.06. The number of aromatic nitrogens is 1. The maximum Gasteiger partial charge on any atom is 0.211 e. The molecule has 1 fully saturated rings. The normalized spacial score (nSPS) is 20.4. The van der Waals surface area contributed by atoms with Gasteiger partial charge in [-0.05, 0) is 38.5 Å². The summed E-state index contributed by atoms with van der Waals surface area (Å²) in [6.07, 6.45) is 5.23. The van der Waals surface area contributed by atoms with Crippen molar-refractivity contribution in [1.29, 1.82) is 0 Å². The minimum atomic E-state index is -3.14.